The van der Waals surface area contributed by atoms with Crippen molar-refractivity contribution in [2.24, 2.45) is 0 Å². The average molecular weight is 391 g/mol. The summed E-state index contributed by atoms with van der Waals surface area (Å²) >= 11 is 2.06. The molecule has 7 nitrogen and oxygen atoms in total. The molecule has 1 aliphatic rings. The van der Waals surface area contributed by atoms with Gasteiger partial charge in [-0.15, -0.1) is 0 Å². The van der Waals surface area contributed by atoms with Crippen LogP contribution < -0.4 is 0 Å². The standard InChI is InChI=1S/C12H14IN3O4/c1-2-5-20-11(19)15-7-12(8-15,6-10(17)18)16-4-3-9(13)14-16/h2-4H,1,5-8H2,(H,17,18). The second-order valence-electron chi connectivity index (χ2n) is 4.60. The van der Waals surface area contributed by atoms with Gasteiger partial charge in [-0.1, -0.05) is 12.7 Å². The first-order valence-electron chi connectivity index (χ1n) is 5.93. The minimum absolute atomic E-state index is 0.0873. The normalized spacial score (nSPS) is 16.4. The first-order valence-corrected chi connectivity index (χ1v) is 7.01. The minimum Gasteiger partial charge on any atom is -0.481 e. The first-order chi connectivity index (χ1) is 9.47. The largest absolute Gasteiger partial charge is 0.481 e. The van der Waals surface area contributed by atoms with E-state index in [0.29, 0.717) is 0 Å². The van der Waals surface area contributed by atoms with Crippen molar-refractivity contribution in [1.82, 2.24) is 14.7 Å². The van der Waals surface area contributed by atoms with Gasteiger partial charge in [0.15, 0.2) is 0 Å². The van der Waals surface area contributed by atoms with E-state index in [0.717, 1.165) is 3.70 Å². The van der Waals surface area contributed by atoms with E-state index in [4.69, 9.17) is 9.84 Å². The lowest BCUT2D eigenvalue weighted by molar-refractivity contribution is -0.142. The quantitative estimate of drug-likeness (QED) is 0.604. The third-order valence-electron chi connectivity index (χ3n) is 3.08. The summed E-state index contributed by atoms with van der Waals surface area (Å²) in [5, 5.41) is 13.3. The predicted octanol–water partition coefficient (Wildman–Crippen LogP) is 1.30. The zero-order valence-electron chi connectivity index (χ0n) is 10.7. The monoisotopic (exact) mass is 391 g/mol. The Bertz CT molecular complexity index is 537. The molecule has 0 bridgehead atoms. The Labute approximate surface area is 129 Å². The zero-order valence-corrected chi connectivity index (χ0v) is 12.8. The van der Waals surface area contributed by atoms with Crippen LogP contribution in [-0.4, -0.2) is 51.5 Å². The van der Waals surface area contributed by atoms with Crippen LogP contribution in [0, 0.1) is 3.70 Å². The van der Waals surface area contributed by atoms with Crippen molar-refractivity contribution in [3.8, 4) is 0 Å². The van der Waals surface area contributed by atoms with Crippen molar-refractivity contribution in [3.05, 3.63) is 28.6 Å². The summed E-state index contributed by atoms with van der Waals surface area (Å²) in [6, 6.07) is 1.79. The molecule has 0 radical (unpaired) electrons. The number of carboxylic acid groups (broad SMARTS) is 1. The Morgan fingerprint density at radius 1 is 1.60 bits per heavy atom. The molecule has 108 valence electrons. The van der Waals surface area contributed by atoms with Gasteiger partial charge in [-0.05, 0) is 28.7 Å². The molecule has 1 N–H and O–H groups in total. The number of carboxylic acids is 1. The molecule has 2 heterocycles. The summed E-state index contributed by atoms with van der Waals surface area (Å²) in [6.45, 7) is 4.15. The Kier molecular flexibility index (Phi) is 4.31. The highest BCUT2D eigenvalue weighted by molar-refractivity contribution is 14.1. The molecule has 0 atom stereocenters. The van der Waals surface area contributed by atoms with Crippen LogP contribution >= 0.6 is 22.6 Å². The van der Waals surface area contributed by atoms with Crippen LogP contribution in [0.2, 0.25) is 0 Å². The number of rotatable bonds is 5. The summed E-state index contributed by atoms with van der Waals surface area (Å²) in [4.78, 5) is 24.2. The lowest BCUT2D eigenvalue weighted by Gasteiger charge is -2.48. The summed E-state index contributed by atoms with van der Waals surface area (Å²) in [7, 11) is 0. The van der Waals surface area contributed by atoms with E-state index in [1.807, 2.05) is 0 Å². The van der Waals surface area contributed by atoms with E-state index in [-0.39, 0.29) is 26.1 Å². The molecule has 20 heavy (non-hydrogen) atoms. The third-order valence-corrected chi connectivity index (χ3v) is 3.65. The number of aliphatic carboxylic acids is 1. The fourth-order valence-corrected chi connectivity index (χ4v) is 2.59. The zero-order chi connectivity index (χ0) is 14.8. The highest BCUT2D eigenvalue weighted by Gasteiger charge is 2.49. The third kappa shape index (κ3) is 2.94. The number of carbonyl (C=O) groups excluding carboxylic acids is 1. The highest BCUT2D eigenvalue weighted by atomic mass is 127. The van der Waals surface area contributed by atoms with Crippen molar-refractivity contribution in [3.63, 3.8) is 0 Å². The topological polar surface area (TPSA) is 84.7 Å². The van der Waals surface area contributed by atoms with Gasteiger partial charge in [-0.2, -0.15) is 5.10 Å². The van der Waals surface area contributed by atoms with Crippen LogP contribution in [0.25, 0.3) is 0 Å². The van der Waals surface area contributed by atoms with Gasteiger partial charge >= 0.3 is 12.1 Å². The van der Waals surface area contributed by atoms with Crippen molar-refractivity contribution in [2.45, 2.75) is 12.0 Å². The minimum atomic E-state index is -0.922. The molecule has 0 aromatic carbocycles. The summed E-state index contributed by atoms with van der Waals surface area (Å²) in [5.74, 6) is -0.922. The second kappa shape index (κ2) is 5.81. The van der Waals surface area contributed by atoms with Gasteiger partial charge < -0.3 is 14.7 Å². The molecule has 1 amide bonds. The molecule has 1 aromatic heterocycles. The Morgan fingerprint density at radius 3 is 2.80 bits per heavy atom. The maximum atomic E-state index is 11.7. The van der Waals surface area contributed by atoms with Crippen LogP contribution in [0.1, 0.15) is 6.42 Å². The van der Waals surface area contributed by atoms with Gasteiger partial charge in [-0.25, -0.2) is 4.79 Å². The maximum Gasteiger partial charge on any atom is 0.410 e. The summed E-state index contributed by atoms with van der Waals surface area (Å²) < 4.78 is 7.33. The fraction of sp³-hybridized carbons (Fsp3) is 0.417. The molecule has 8 heteroatoms. The van der Waals surface area contributed by atoms with Gasteiger partial charge in [0.25, 0.3) is 0 Å². The summed E-state index contributed by atoms with van der Waals surface area (Å²) in [5.41, 5.74) is -0.692. The highest BCUT2D eigenvalue weighted by Crippen LogP contribution is 2.33. The van der Waals surface area contributed by atoms with Crippen LogP contribution in [0.4, 0.5) is 4.79 Å². The lowest BCUT2D eigenvalue weighted by atomic mass is 9.86. The number of ether oxygens (including phenoxy) is 1. The van der Waals surface area contributed by atoms with E-state index in [2.05, 4.69) is 34.3 Å². The molecular weight excluding hydrogens is 377 g/mol. The van der Waals surface area contributed by atoms with Crippen molar-refractivity contribution >= 4 is 34.7 Å². The molecule has 2 rings (SSSR count). The second-order valence-corrected chi connectivity index (χ2v) is 5.70. The van der Waals surface area contributed by atoms with Crippen molar-refractivity contribution in [1.29, 1.82) is 0 Å². The lowest BCUT2D eigenvalue weighted by Crippen LogP contribution is -2.65. The molecule has 1 aromatic rings. The molecule has 1 saturated heterocycles. The van der Waals surface area contributed by atoms with Crippen LogP contribution in [-0.2, 0) is 15.1 Å². The van der Waals surface area contributed by atoms with Crippen LogP contribution in [0.3, 0.4) is 0 Å². The van der Waals surface area contributed by atoms with E-state index in [1.54, 1.807) is 16.9 Å². The molecule has 0 aliphatic carbocycles. The number of nitrogens with zero attached hydrogens (tertiary/aromatic N) is 3. The Balaban J connectivity index is 2.08. The molecule has 0 saturated carbocycles. The van der Waals surface area contributed by atoms with E-state index >= 15 is 0 Å². The molecule has 1 fully saturated rings. The van der Waals surface area contributed by atoms with Gasteiger partial charge in [0, 0.05) is 6.20 Å². The fourth-order valence-electron chi connectivity index (χ4n) is 2.20. The molecule has 0 spiro atoms. The van der Waals surface area contributed by atoms with Crippen LogP contribution in [0.15, 0.2) is 24.9 Å². The summed E-state index contributed by atoms with van der Waals surface area (Å²) in [6.07, 6.45) is 2.67. The number of hydrogen-bond acceptors (Lipinski definition) is 4. The number of amides is 1. The van der Waals surface area contributed by atoms with Gasteiger partial charge in [0.05, 0.1) is 19.5 Å². The van der Waals surface area contributed by atoms with E-state index < -0.39 is 17.6 Å². The Hall–Kier alpha value is -1.58. The SMILES string of the molecule is C=CCOC(=O)N1CC(CC(=O)O)(n2ccc(I)n2)C1. The number of hydrogen-bond donors (Lipinski definition) is 1. The predicted molar refractivity (Wildman–Crippen MR) is 78.3 cm³/mol. The van der Waals surface area contributed by atoms with Crippen LogP contribution in [0.5, 0.6) is 0 Å². The molecule has 1 aliphatic heterocycles. The van der Waals surface area contributed by atoms with Gasteiger partial charge in [0.2, 0.25) is 0 Å². The van der Waals surface area contributed by atoms with Crippen molar-refractivity contribution < 1.29 is 19.4 Å². The number of carbonyl (C=O) groups is 2. The Morgan fingerprint density at radius 2 is 2.30 bits per heavy atom. The van der Waals surface area contributed by atoms with E-state index in [1.165, 1.54) is 11.0 Å². The maximum absolute atomic E-state index is 11.7. The molecule has 0 unspecified atom stereocenters. The number of aromatic nitrogens is 2. The number of likely N-dealkylation sites (tertiary alicyclic amines) is 1. The van der Waals surface area contributed by atoms with Gasteiger partial charge in [-0.3, -0.25) is 9.48 Å². The van der Waals surface area contributed by atoms with Crippen molar-refractivity contribution in [2.75, 3.05) is 19.7 Å². The number of halogens is 1. The molecular formula is C12H14IN3O4. The first kappa shape index (κ1) is 14.8. The average Bonchev–Trinajstić information content (AvgIpc) is 2.76. The smallest absolute Gasteiger partial charge is 0.410 e. The van der Waals surface area contributed by atoms with E-state index in [9.17, 15) is 9.59 Å². The van der Waals surface area contributed by atoms with Gasteiger partial charge in [0.1, 0.15) is 15.8 Å².